The molecule has 0 atom stereocenters. The van der Waals surface area contributed by atoms with Crippen LogP contribution in [0.1, 0.15) is 10.5 Å². The van der Waals surface area contributed by atoms with Crippen LogP contribution in [0.4, 0.5) is 4.79 Å². The highest BCUT2D eigenvalue weighted by Gasteiger charge is 2.06. The summed E-state index contributed by atoms with van der Waals surface area (Å²) in [5.74, 6) is -0.344. The van der Waals surface area contributed by atoms with Gasteiger partial charge in [-0.1, -0.05) is 6.07 Å². The third-order valence-corrected chi connectivity index (χ3v) is 1.35. The molecule has 0 aliphatic heterocycles. The van der Waals surface area contributed by atoms with Gasteiger partial charge in [-0.25, -0.2) is 4.79 Å². The molecule has 0 spiro atoms. The number of carboxylic acid groups (broad SMARTS) is 1. The largest absolute Gasteiger partial charge is 0.465 e. The minimum atomic E-state index is -1.22. The van der Waals surface area contributed by atoms with Crippen LogP contribution in [0, 0.1) is 0 Å². The number of carbonyl (C=O) groups is 2. The number of pyridine rings is 1. The summed E-state index contributed by atoms with van der Waals surface area (Å²) in [7, 11) is 0. The molecule has 0 saturated carbocycles. The maximum Gasteiger partial charge on any atom is 0.405 e. The van der Waals surface area contributed by atoms with Gasteiger partial charge in [-0.05, 0) is 12.1 Å². The maximum atomic E-state index is 11.2. The molecule has 5 nitrogen and oxygen atoms in total. The van der Waals surface area contributed by atoms with Gasteiger partial charge in [0.05, 0.1) is 6.54 Å². The second kappa shape index (κ2) is 4.20. The van der Waals surface area contributed by atoms with Crippen LogP contribution < -0.4 is 5.32 Å². The van der Waals surface area contributed by atoms with Crippen molar-refractivity contribution in [3.63, 3.8) is 0 Å². The molecule has 0 aliphatic carbocycles. The fraction of sp³-hybridized carbons (Fsp3) is 0.125. The minimum Gasteiger partial charge on any atom is -0.465 e. The van der Waals surface area contributed by atoms with E-state index in [2.05, 4.69) is 4.98 Å². The van der Waals surface area contributed by atoms with E-state index in [0.29, 0.717) is 0 Å². The molecule has 0 fully saturated rings. The van der Waals surface area contributed by atoms with Crippen molar-refractivity contribution in [1.29, 1.82) is 0 Å². The third-order valence-electron chi connectivity index (χ3n) is 1.35. The molecule has 68 valence electrons. The summed E-state index contributed by atoms with van der Waals surface area (Å²) >= 11 is 0. The molecule has 0 bridgehead atoms. The lowest BCUT2D eigenvalue weighted by molar-refractivity contribution is 0.0982. The third kappa shape index (κ3) is 2.90. The topological polar surface area (TPSA) is 79.3 Å². The SMILES string of the molecule is O=C(O)NCC(=O)c1ccccn1. The molecule has 5 heteroatoms. The quantitative estimate of drug-likeness (QED) is 0.665. The zero-order valence-corrected chi connectivity index (χ0v) is 6.73. The highest BCUT2D eigenvalue weighted by atomic mass is 16.4. The highest BCUT2D eigenvalue weighted by molar-refractivity contribution is 5.97. The van der Waals surface area contributed by atoms with Gasteiger partial charge in [0.15, 0.2) is 5.78 Å². The van der Waals surface area contributed by atoms with Gasteiger partial charge in [0, 0.05) is 6.20 Å². The minimum absolute atomic E-state index is 0.244. The number of aromatic nitrogens is 1. The number of Topliss-reactive ketones (excluding diaryl/α,β-unsaturated/α-hetero) is 1. The second-order valence-corrected chi connectivity index (χ2v) is 2.30. The first-order chi connectivity index (χ1) is 6.20. The zero-order chi connectivity index (χ0) is 9.68. The molecule has 1 amide bonds. The fourth-order valence-electron chi connectivity index (χ4n) is 0.774. The molecule has 0 saturated heterocycles. The number of ketones is 1. The summed E-state index contributed by atoms with van der Waals surface area (Å²) in [6.07, 6.45) is 0.262. The fourth-order valence-corrected chi connectivity index (χ4v) is 0.774. The summed E-state index contributed by atoms with van der Waals surface area (Å²) in [5, 5.41) is 10.2. The van der Waals surface area contributed by atoms with Gasteiger partial charge in [0.25, 0.3) is 0 Å². The van der Waals surface area contributed by atoms with Crippen molar-refractivity contribution in [1.82, 2.24) is 10.3 Å². The monoisotopic (exact) mass is 180 g/mol. The van der Waals surface area contributed by atoms with Crippen molar-refractivity contribution in [2.24, 2.45) is 0 Å². The van der Waals surface area contributed by atoms with Crippen molar-refractivity contribution >= 4 is 11.9 Å². The molecule has 1 heterocycles. The van der Waals surface area contributed by atoms with E-state index >= 15 is 0 Å². The van der Waals surface area contributed by atoms with Crippen LogP contribution in [-0.4, -0.2) is 28.5 Å². The predicted octanol–water partition coefficient (Wildman–Crippen LogP) is 0.532. The molecule has 0 unspecified atom stereocenters. The molecular formula is C8H8N2O3. The van der Waals surface area contributed by atoms with Crippen molar-refractivity contribution < 1.29 is 14.7 Å². The van der Waals surface area contributed by atoms with E-state index < -0.39 is 6.09 Å². The van der Waals surface area contributed by atoms with E-state index in [0.717, 1.165) is 0 Å². The van der Waals surface area contributed by atoms with Gasteiger partial charge in [0.1, 0.15) is 5.69 Å². The van der Waals surface area contributed by atoms with Crippen LogP contribution in [0.3, 0.4) is 0 Å². The average Bonchev–Trinajstić information content (AvgIpc) is 2.15. The molecular weight excluding hydrogens is 172 g/mol. The normalized spacial score (nSPS) is 9.23. The number of rotatable bonds is 3. The Morgan fingerprint density at radius 2 is 2.23 bits per heavy atom. The lowest BCUT2D eigenvalue weighted by Crippen LogP contribution is -2.28. The van der Waals surface area contributed by atoms with E-state index in [1.807, 2.05) is 5.32 Å². The Bertz CT molecular complexity index is 310. The Morgan fingerprint density at radius 1 is 1.46 bits per heavy atom. The van der Waals surface area contributed by atoms with E-state index in [1.165, 1.54) is 12.3 Å². The first-order valence-electron chi connectivity index (χ1n) is 3.61. The van der Waals surface area contributed by atoms with Crippen LogP contribution in [0.5, 0.6) is 0 Å². The number of hydrogen-bond acceptors (Lipinski definition) is 3. The summed E-state index contributed by atoms with van der Waals surface area (Å²) < 4.78 is 0. The van der Waals surface area contributed by atoms with Gasteiger partial charge in [-0.2, -0.15) is 0 Å². The molecule has 13 heavy (non-hydrogen) atoms. The van der Waals surface area contributed by atoms with Crippen LogP contribution in [0.15, 0.2) is 24.4 Å². The number of nitrogens with zero attached hydrogens (tertiary/aromatic N) is 1. The first kappa shape index (κ1) is 9.18. The van der Waals surface area contributed by atoms with Gasteiger partial charge in [-0.15, -0.1) is 0 Å². The van der Waals surface area contributed by atoms with E-state index in [9.17, 15) is 9.59 Å². The lowest BCUT2D eigenvalue weighted by Gasteiger charge is -1.98. The highest BCUT2D eigenvalue weighted by Crippen LogP contribution is 1.93. The number of amides is 1. The Morgan fingerprint density at radius 3 is 2.77 bits per heavy atom. The maximum absolute atomic E-state index is 11.2. The second-order valence-electron chi connectivity index (χ2n) is 2.30. The van der Waals surface area contributed by atoms with Crippen LogP contribution >= 0.6 is 0 Å². The van der Waals surface area contributed by atoms with Gasteiger partial charge < -0.3 is 10.4 Å². The van der Waals surface area contributed by atoms with Crippen molar-refractivity contribution in [3.05, 3.63) is 30.1 Å². The van der Waals surface area contributed by atoms with Crippen molar-refractivity contribution in [3.8, 4) is 0 Å². The van der Waals surface area contributed by atoms with Crippen molar-refractivity contribution in [2.75, 3.05) is 6.54 Å². The summed E-state index contributed by atoms with van der Waals surface area (Å²) in [6.45, 7) is -0.244. The van der Waals surface area contributed by atoms with Crippen molar-refractivity contribution in [2.45, 2.75) is 0 Å². The van der Waals surface area contributed by atoms with E-state index in [-0.39, 0.29) is 18.0 Å². The van der Waals surface area contributed by atoms with E-state index in [1.54, 1.807) is 12.1 Å². The average molecular weight is 180 g/mol. The molecule has 1 aromatic heterocycles. The predicted molar refractivity (Wildman–Crippen MR) is 44.6 cm³/mol. The smallest absolute Gasteiger partial charge is 0.405 e. The number of nitrogens with one attached hydrogen (secondary N) is 1. The van der Waals surface area contributed by atoms with Gasteiger partial charge >= 0.3 is 6.09 Å². The number of carbonyl (C=O) groups excluding carboxylic acids is 1. The molecule has 1 rings (SSSR count). The Kier molecular flexibility index (Phi) is 2.97. The number of hydrogen-bond donors (Lipinski definition) is 2. The van der Waals surface area contributed by atoms with E-state index in [4.69, 9.17) is 5.11 Å². The van der Waals surface area contributed by atoms with Crippen LogP contribution in [0.25, 0.3) is 0 Å². The van der Waals surface area contributed by atoms with Gasteiger partial charge in [0.2, 0.25) is 0 Å². The Hall–Kier alpha value is -1.91. The lowest BCUT2D eigenvalue weighted by atomic mass is 10.2. The van der Waals surface area contributed by atoms with Crippen LogP contribution in [-0.2, 0) is 0 Å². The standard InChI is InChI=1S/C8H8N2O3/c11-7(5-10-8(12)13)6-3-1-2-4-9-6/h1-4,10H,5H2,(H,12,13). The zero-order valence-electron chi connectivity index (χ0n) is 6.73. The molecule has 0 radical (unpaired) electrons. The summed E-state index contributed by atoms with van der Waals surface area (Å²) in [6, 6.07) is 4.88. The summed E-state index contributed by atoms with van der Waals surface area (Å²) in [4.78, 5) is 25.0. The molecule has 2 N–H and O–H groups in total. The van der Waals surface area contributed by atoms with Gasteiger partial charge in [-0.3, -0.25) is 9.78 Å². The molecule has 0 aliphatic rings. The molecule has 1 aromatic rings. The van der Waals surface area contributed by atoms with Crippen LogP contribution in [0.2, 0.25) is 0 Å². The Balaban J connectivity index is 2.54. The molecule has 0 aromatic carbocycles. The first-order valence-corrected chi connectivity index (χ1v) is 3.61. The summed E-state index contributed by atoms with van der Waals surface area (Å²) in [5.41, 5.74) is 0.260. The Labute approximate surface area is 74.4 Å².